The summed E-state index contributed by atoms with van der Waals surface area (Å²) in [5, 5.41) is 14.0. The number of ether oxygens (including phenoxy) is 2. The van der Waals surface area contributed by atoms with Crippen molar-refractivity contribution in [3.8, 4) is 0 Å². The predicted molar refractivity (Wildman–Crippen MR) is 111 cm³/mol. The maximum absolute atomic E-state index is 12.7. The monoisotopic (exact) mass is 423 g/mol. The Morgan fingerprint density at radius 1 is 1.10 bits per heavy atom. The van der Waals surface area contributed by atoms with Gasteiger partial charge in [-0.15, -0.1) is 0 Å². The van der Waals surface area contributed by atoms with E-state index < -0.39 is 29.6 Å². The van der Waals surface area contributed by atoms with Gasteiger partial charge in [-0.05, 0) is 24.3 Å². The first-order chi connectivity index (χ1) is 15.0. The van der Waals surface area contributed by atoms with Crippen LogP contribution in [0.2, 0.25) is 0 Å². The molecule has 31 heavy (non-hydrogen) atoms. The first-order valence-electron chi connectivity index (χ1n) is 10.0. The molecule has 1 atom stereocenters. The van der Waals surface area contributed by atoms with Gasteiger partial charge in [0.25, 0.3) is 5.91 Å². The van der Waals surface area contributed by atoms with Crippen molar-refractivity contribution in [1.82, 2.24) is 15.2 Å². The second-order valence-electron chi connectivity index (χ2n) is 7.80. The summed E-state index contributed by atoms with van der Waals surface area (Å²) < 4.78 is 11.1. The van der Waals surface area contributed by atoms with Crippen LogP contribution in [0.15, 0.2) is 42.5 Å². The average molecular weight is 423 g/mol. The Morgan fingerprint density at radius 2 is 1.84 bits per heavy atom. The van der Waals surface area contributed by atoms with E-state index in [4.69, 9.17) is 9.47 Å². The number of H-pyrrole nitrogens is 1. The summed E-state index contributed by atoms with van der Waals surface area (Å²) in [6, 6.07) is 12.0. The lowest BCUT2D eigenvalue weighted by atomic mass is 10.1. The third kappa shape index (κ3) is 3.41. The third-order valence-corrected chi connectivity index (χ3v) is 5.88. The van der Waals surface area contributed by atoms with Gasteiger partial charge in [-0.25, -0.2) is 4.79 Å². The molecule has 5 rings (SSSR count). The molecule has 2 amide bonds. The molecule has 2 aliphatic rings. The molecule has 0 aliphatic carbocycles. The molecule has 3 N–H and O–H groups in total. The van der Waals surface area contributed by atoms with Gasteiger partial charge in [0.15, 0.2) is 5.79 Å². The minimum absolute atomic E-state index is 0.0277. The van der Waals surface area contributed by atoms with Gasteiger partial charge in [0.1, 0.15) is 6.04 Å². The Labute approximate surface area is 176 Å². The van der Waals surface area contributed by atoms with Gasteiger partial charge < -0.3 is 29.8 Å². The van der Waals surface area contributed by atoms with Crippen molar-refractivity contribution in [2.75, 3.05) is 26.3 Å². The van der Waals surface area contributed by atoms with E-state index in [1.807, 2.05) is 30.3 Å². The normalized spacial score (nSPS) is 20.0. The molecule has 2 aliphatic heterocycles. The maximum atomic E-state index is 12.7. The molecule has 0 bridgehead atoms. The zero-order chi connectivity index (χ0) is 21.6. The maximum Gasteiger partial charge on any atom is 0.326 e. The number of carbonyl (C=O) groups excluding carboxylic acids is 2. The number of fused-ring (bicyclic) bond motifs is 3. The second kappa shape index (κ2) is 7.36. The van der Waals surface area contributed by atoms with Crippen LogP contribution in [0.1, 0.15) is 16.8 Å². The largest absolute Gasteiger partial charge is 0.480 e. The summed E-state index contributed by atoms with van der Waals surface area (Å²) in [6.45, 7) is 0.438. The molecule has 2 fully saturated rings. The van der Waals surface area contributed by atoms with E-state index in [0.29, 0.717) is 18.8 Å². The van der Waals surface area contributed by atoms with Gasteiger partial charge in [-0.1, -0.05) is 18.2 Å². The molecule has 9 nitrogen and oxygen atoms in total. The zero-order valence-corrected chi connectivity index (χ0v) is 16.6. The first-order valence-corrected chi connectivity index (χ1v) is 10.0. The molecule has 3 aromatic rings. The molecule has 1 unspecified atom stereocenters. The highest BCUT2D eigenvalue weighted by Gasteiger charge is 2.52. The number of carboxylic acids is 1. The quantitative estimate of drug-likeness (QED) is 0.585. The van der Waals surface area contributed by atoms with E-state index in [0.717, 1.165) is 21.8 Å². The summed E-state index contributed by atoms with van der Waals surface area (Å²) >= 11 is 0. The second-order valence-corrected chi connectivity index (χ2v) is 7.80. The van der Waals surface area contributed by atoms with Gasteiger partial charge in [0.2, 0.25) is 5.91 Å². The fraction of sp³-hybridized carbons (Fsp3) is 0.318. The molecule has 1 spiro atoms. The number of hydrogen-bond acceptors (Lipinski definition) is 5. The molecular weight excluding hydrogens is 402 g/mol. The van der Waals surface area contributed by atoms with Crippen molar-refractivity contribution in [2.24, 2.45) is 0 Å². The summed E-state index contributed by atoms with van der Waals surface area (Å²) in [5.41, 5.74) is 2.31. The van der Waals surface area contributed by atoms with Crippen molar-refractivity contribution in [1.29, 1.82) is 0 Å². The Bertz CT molecular complexity index is 1200. The van der Waals surface area contributed by atoms with E-state index in [-0.39, 0.29) is 19.5 Å². The molecular formula is C22H21N3O6. The number of aromatic amines is 1. The van der Waals surface area contributed by atoms with Gasteiger partial charge in [0.05, 0.1) is 26.3 Å². The van der Waals surface area contributed by atoms with Crippen molar-refractivity contribution in [2.45, 2.75) is 18.2 Å². The van der Waals surface area contributed by atoms with Crippen molar-refractivity contribution in [3.05, 3.63) is 48.0 Å². The van der Waals surface area contributed by atoms with E-state index in [2.05, 4.69) is 10.3 Å². The SMILES string of the molecule is O=C(NCC(=O)N1CC2(CC1C(=O)O)OCCO2)c1ccc2[nH]c3ccccc3c2c1. The lowest BCUT2D eigenvalue weighted by Crippen LogP contribution is -2.46. The Kier molecular flexibility index (Phi) is 4.64. The number of benzene rings is 2. The highest BCUT2D eigenvalue weighted by molar-refractivity contribution is 6.10. The molecule has 1 aromatic heterocycles. The zero-order valence-electron chi connectivity index (χ0n) is 16.6. The van der Waals surface area contributed by atoms with Crippen LogP contribution in [0.25, 0.3) is 21.8 Å². The Hall–Kier alpha value is -3.43. The third-order valence-electron chi connectivity index (χ3n) is 5.88. The van der Waals surface area contributed by atoms with Crippen LogP contribution in [0.5, 0.6) is 0 Å². The number of aromatic nitrogens is 1. The van der Waals surface area contributed by atoms with Crippen LogP contribution in [0.3, 0.4) is 0 Å². The molecule has 2 saturated heterocycles. The van der Waals surface area contributed by atoms with Gasteiger partial charge in [0, 0.05) is 33.8 Å². The number of amides is 2. The van der Waals surface area contributed by atoms with Crippen LogP contribution in [0.4, 0.5) is 0 Å². The molecule has 0 radical (unpaired) electrons. The number of nitrogens with zero attached hydrogens (tertiary/aromatic N) is 1. The molecule has 2 aromatic carbocycles. The van der Waals surface area contributed by atoms with E-state index >= 15 is 0 Å². The average Bonchev–Trinajstić information content (AvgIpc) is 3.48. The number of nitrogens with one attached hydrogen (secondary N) is 2. The first kappa shape index (κ1) is 19.5. The van der Waals surface area contributed by atoms with Crippen LogP contribution in [-0.4, -0.2) is 70.9 Å². The minimum Gasteiger partial charge on any atom is -0.480 e. The predicted octanol–water partition coefficient (Wildman–Crippen LogP) is 1.48. The van der Waals surface area contributed by atoms with Crippen LogP contribution in [0, 0.1) is 0 Å². The number of para-hydroxylation sites is 1. The van der Waals surface area contributed by atoms with Gasteiger partial charge in [-0.2, -0.15) is 0 Å². The van der Waals surface area contributed by atoms with Gasteiger partial charge >= 0.3 is 5.97 Å². The number of carboxylic acid groups (broad SMARTS) is 1. The topological polar surface area (TPSA) is 121 Å². The van der Waals surface area contributed by atoms with Crippen molar-refractivity contribution < 1.29 is 29.0 Å². The van der Waals surface area contributed by atoms with E-state index in [1.165, 1.54) is 4.90 Å². The number of aliphatic carboxylic acids is 1. The number of rotatable bonds is 4. The van der Waals surface area contributed by atoms with Gasteiger partial charge in [-0.3, -0.25) is 9.59 Å². The summed E-state index contributed by atoms with van der Waals surface area (Å²) in [4.78, 5) is 41.5. The molecule has 160 valence electrons. The number of carbonyl (C=O) groups is 3. The molecule has 0 saturated carbocycles. The Balaban J connectivity index is 1.30. The summed E-state index contributed by atoms with van der Waals surface area (Å²) in [5.74, 6) is -3.09. The fourth-order valence-electron chi connectivity index (χ4n) is 4.38. The van der Waals surface area contributed by atoms with Crippen molar-refractivity contribution in [3.63, 3.8) is 0 Å². The standard InChI is InChI=1S/C22H21N3O6/c26-19(25-12-22(30-7-8-31-22)10-18(25)21(28)29)11-23-20(27)13-5-6-17-15(9-13)14-3-1-2-4-16(14)24-17/h1-6,9,18,24H,7-8,10-12H2,(H,23,27)(H,28,29). The molecule has 3 heterocycles. The number of likely N-dealkylation sites (tertiary alicyclic amines) is 1. The van der Waals surface area contributed by atoms with Crippen molar-refractivity contribution >= 4 is 39.6 Å². The van der Waals surface area contributed by atoms with Crippen LogP contribution < -0.4 is 5.32 Å². The van der Waals surface area contributed by atoms with E-state index in [9.17, 15) is 19.5 Å². The lowest BCUT2D eigenvalue weighted by molar-refractivity contribution is -0.152. The van der Waals surface area contributed by atoms with Crippen LogP contribution >= 0.6 is 0 Å². The van der Waals surface area contributed by atoms with Crippen LogP contribution in [-0.2, 0) is 19.1 Å². The fourth-order valence-corrected chi connectivity index (χ4v) is 4.38. The highest BCUT2D eigenvalue weighted by atomic mass is 16.7. The summed E-state index contributed by atoms with van der Waals surface area (Å²) in [7, 11) is 0. The lowest BCUT2D eigenvalue weighted by Gasteiger charge is -2.23. The minimum atomic E-state index is -1.12. The smallest absolute Gasteiger partial charge is 0.326 e. The summed E-state index contributed by atoms with van der Waals surface area (Å²) in [6.07, 6.45) is 0.0687. The highest BCUT2D eigenvalue weighted by Crippen LogP contribution is 2.34. The molecule has 9 heteroatoms. The number of hydrogen-bond donors (Lipinski definition) is 3. The Morgan fingerprint density at radius 3 is 2.61 bits per heavy atom. The van der Waals surface area contributed by atoms with E-state index in [1.54, 1.807) is 12.1 Å².